The monoisotopic (exact) mass is 374 g/mol. The van der Waals surface area contributed by atoms with Crippen molar-refractivity contribution in [3.63, 3.8) is 0 Å². The van der Waals surface area contributed by atoms with Crippen LogP contribution in [-0.4, -0.2) is 38.0 Å². The minimum Gasteiger partial charge on any atom is -0.370 e. The van der Waals surface area contributed by atoms with E-state index in [1.807, 2.05) is 0 Å². The zero-order chi connectivity index (χ0) is 18.4. The Balaban J connectivity index is 1.70. The number of rotatable bonds is 5. The van der Waals surface area contributed by atoms with Gasteiger partial charge in [0.05, 0.1) is 18.9 Å². The van der Waals surface area contributed by atoms with Crippen molar-refractivity contribution < 1.29 is 14.0 Å². The van der Waals surface area contributed by atoms with E-state index in [1.54, 1.807) is 18.2 Å². The second-order valence-electron chi connectivity index (χ2n) is 6.61. The van der Waals surface area contributed by atoms with E-state index in [4.69, 9.17) is 17.0 Å². The van der Waals surface area contributed by atoms with Crippen LogP contribution in [0.1, 0.15) is 17.2 Å². The minimum absolute atomic E-state index is 0.0514. The van der Waals surface area contributed by atoms with Crippen LogP contribution in [0, 0.1) is 12.7 Å². The summed E-state index contributed by atoms with van der Waals surface area (Å²) in [4.78, 5) is 1.48. The third-order valence-electron chi connectivity index (χ3n) is 4.60. The van der Waals surface area contributed by atoms with Crippen molar-refractivity contribution >= 4 is 23.0 Å². The van der Waals surface area contributed by atoms with Crippen LogP contribution < -0.4 is 15.5 Å². The number of quaternary nitrogens is 1. The van der Waals surface area contributed by atoms with Gasteiger partial charge >= 0.3 is 0 Å². The largest absolute Gasteiger partial charge is 0.370 e. The maximum Gasteiger partial charge on any atom is 0.171 e. The molecule has 2 aromatic rings. The van der Waals surface area contributed by atoms with Gasteiger partial charge in [0.25, 0.3) is 0 Å². The fourth-order valence-electron chi connectivity index (χ4n) is 3.08. The van der Waals surface area contributed by atoms with Gasteiger partial charge in [-0.3, -0.25) is 0 Å². The molecule has 138 valence electrons. The zero-order valence-corrected chi connectivity index (χ0v) is 15.7. The van der Waals surface area contributed by atoms with Crippen molar-refractivity contribution in [1.82, 2.24) is 5.32 Å². The van der Waals surface area contributed by atoms with E-state index < -0.39 is 0 Å². The first-order valence-electron chi connectivity index (χ1n) is 8.92. The van der Waals surface area contributed by atoms with Crippen molar-refractivity contribution in [3.05, 3.63) is 65.5 Å². The van der Waals surface area contributed by atoms with Gasteiger partial charge in [-0.15, -0.1) is 0 Å². The Morgan fingerprint density at radius 2 is 1.85 bits per heavy atom. The maximum atomic E-state index is 13.9. The Hall–Kier alpha value is -2.02. The number of ether oxygens (including phenoxy) is 1. The number of halogens is 1. The molecular formula is C20H25FN3OS+. The number of morpholine rings is 1. The number of hydrogen-bond donors (Lipinski definition) is 3. The van der Waals surface area contributed by atoms with Gasteiger partial charge in [-0.25, -0.2) is 4.39 Å². The zero-order valence-electron chi connectivity index (χ0n) is 14.9. The lowest BCUT2D eigenvalue weighted by Gasteiger charge is -2.29. The molecule has 2 aromatic carbocycles. The Morgan fingerprint density at radius 3 is 2.54 bits per heavy atom. The van der Waals surface area contributed by atoms with E-state index in [0.717, 1.165) is 32.8 Å². The van der Waals surface area contributed by atoms with Crippen LogP contribution in [0.15, 0.2) is 48.5 Å². The number of nitrogens with one attached hydrogen (secondary N) is 3. The number of thiocarbonyl (C=S) groups is 1. The van der Waals surface area contributed by atoms with Gasteiger partial charge in [-0.2, -0.15) is 0 Å². The summed E-state index contributed by atoms with van der Waals surface area (Å²) >= 11 is 5.44. The fraction of sp³-hybridized carbons (Fsp3) is 0.350. The molecule has 0 radical (unpaired) electrons. The summed E-state index contributed by atoms with van der Waals surface area (Å²) < 4.78 is 19.3. The summed E-state index contributed by atoms with van der Waals surface area (Å²) in [5.41, 5.74) is 2.77. The molecule has 1 fully saturated rings. The summed E-state index contributed by atoms with van der Waals surface area (Å²) in [5.74, 6) is -0.317. The lowest BCUT2D eigenvalue weighted by Crippen LogP contribution is -3.14. The third kappa shape index (κ3) is 5.24. The van der Waals surface area contributed by atoms with Gasteiger partial charge in [0, 0.05) is 0 Å². The summed E-state index contributed by atoms with van der Waals surface area (Å²) in [6.07, 6.45) is 0. The van der Waals surface area contributed by atoms with Crippen LogP contribution in [-0.2, 0) is 4.74 Å². The molecule has 0 bridgehead atoms. The number of hydrogen-bond acceptors (Lipinski definition) is 2. The lowest BCUT2D eigenvalue weighted by atomic mass is 10.0. The van der Waals surface area contributed by atoms with E-state index >= 15 is 0 Å². The summed E-state index contributed by atoms with van der Waals surface area (Å²) in [5, 5.41) is 6.76. The Bertz CT molecular complexity index is 732. The minimum atomic E-state index is -0.317. The molecule has 3 rings (SSSR count). The average Bonchev–Trinajstić information content (AvgIpc) is 2.65. The molecule has 3 N–H and O–H groups in total. The molecule has 4 nitrogen and oxygen atoms in total. The van der Waals surface area contributed by atoms with E-state index in [0.29, 0.717) is 10.8 Å². The van der Waals surface area contributed by atoms with E-state index in [1.165, 1.54) is 22.1 Å². The predicted molar refractivity (Wildman–Crippen MR) is 106 cm³/mol. The highest BCUT2D eigenvalue weighted by molar-refractivity contribution is 7.80. The molecule has 1 aliphatic rings. The molecule has 0 amide bonds. The molecule has 0 unspecified atom stereocenters. The molecular weight excluding hydrogens is 349 g/mol. The first-order chi connectivity index (χ1) is 12.6. The molecule has 0 spiro atoms. The van der Waals surface area contributed by atoms with Gasteiger partial charge in [0.2, 0.25) is 0 Å². The van der Waals surface area contributed by atoms with E-state index in [2.05, 4.69) is 41.8 Å². The van der Waals surface area contributed by atoms with E-state index in [9.17, 15) is 4.39 Å². The molecule has 0 aliphatic carbocycles. The fourth-order valence-corrected chi connectivity index (χ4v) is 3.34. The highest BCUT2D eigenvalue weighted by Gasteiger charge is 2.22. The molecule has 1 saturated heterocycles. The van der Waals surface area contributed by atoms with Crippen molar-refractivity contribution in [3.8, 4) is 0 Å². The van der Waals surface area contributed by atoms with E-state index in [-0.39, 0.29) is 11.9 Å². The highest BCUT2D eigenvalue weighted by Crippen LogP contribution is 2.15. The first kappa shape index (κ1) is 18.8. The van der Waals surface area contributed by atoms with Crippen molar-refractivity contribution in [2.75, 3.05) is 38.2 Å². The SMILES string of the molecule is Cc1ccc([C@@H](C[NH+]2CCOCC2)NC(=S)Nc2ccccc2F)cc1. The van der Waals surface area contributed by atoms with Crippen LogP contribution in [0.3, 0.4) is 0 Å². The standard InChI is InChI=1S/C20H24FN3OS/c1-15-6-8-16(9-7-15)19(14-24-10-12-25-13-11-24)23-20(26)22-18-5-3-2-4-17(18)21/h2-9,19H,10-14H2,1H3,(H2,22,23,26)/p+1/t19-/m1/s1. The molecule has 0 aromatic heterocycles. The normalized spacial score (nSPS) is 16.1. The lowest BCUT2D eigenvalue weighted by molar-refractivity contribution is -0.909. The summed E-state index contributed by atoms with van der Waals surface area (Å²) in [7, 11) is 0. The van der Waals surface area contributed by atoms with Gasteiger partial charge in [-0.1, -0.05) is 42.0 Å². The number of para-hydroxylation sites is 1. The second kappa shape index (κ2) is 9.07. The Morgan fingerprint density at radius 1 is 1.15 bits per heavy atom. The second-order valence-corrected chi connectivity index (χ2v) is 7.02. The number of anilines is 1. The quantitative estimate of drug-likeness (QED) is 0.701. The number of aryl methyl sites for hydroxylation is 1. The van der Waals surface area contributed by atoms with Crippen molar-refractivity contribution in [1.29, 1.82) is 0 Å². The summed E-state index contributed by atoms with van der Waals surface area (Å²) in [6.45, 7) is 6.51. The van der Waals surface area contributed by atoms with Gasteiger partial charge in [0.15, 0.2) is 5.11 Å². The molecule has 1 atom stereocenters. The van der Waals surface area contributed by atoms with Crippen LogP contribution in [0.2, 0.25) is 0 Å². The predicted octanol–water partition coefficient (Wildman–Crippen LogP) is 2.08. The van der Waals surface area contributed by atoms with Crippen LogP contribution in [0.25, 0.3) is 0 Å². The maximum absolute atomic E-state index is 13.9. The molecule has 26 heavy (non-hydrogen) atoms. The Labute approximate surface area is 159 Å². The average molecular weight is 375 g/mol. The van der Waals surface area contributed by atoms with Gasteiger partial charge in [-0.05, 0) is 36.8 Å². The van der Waals surface area contributed by atoms with Crippen LogP contribution >= 0.6 is 12.2 Å². The number of benzene rings is 2. The van der Waals surface area contributed by atoms with Crippen LogP contribution in [0.4, 0.5) is 10.1 Å². The molecule has 1 heterocycles. The van der Waals surface area contributed by atoms with Crippen molar-refractivity contribution in [2.24, 2.45) is 0 Å². The molecule has 0 saturated carbocycles. The topological polar surface area (TPSA) is 37.7 Å². The van der Waals surface area contributed by atoms with Crippen molar-refractivity contribution in [2.45, 2.75) is 13.0 Å². The smallest absolute Gasteiger partial charge is 0.171 e. The Kier molecular flexibility index (Phi) is 6.55. The third-order valence-corrected chi connectivity index (χ3v) is 4.82. The highest BCUT2D eigenvalue weighted by atomic mass is 32.1. The molecule has 1 aliphatic heterocycles. The summed E-state index contributed by atoms with van der Waals surface area (Å²) in [6, 6.07) is 15.0. The van der Waals surface area contributed by atoms with Gasteiger partial charge < -0.3 is 20.3 Å². The first-order valence-corrected chi connectivity index (χ1v) is 9.32. The molecule has 6 heteroatoms. The van der Waals surface area contributed by atoms with Crippen LogP contribution in [0.5, 0.6) is 0 Å². The van der Waals surface area contributed by atoms with Gasteiger partial charge in [0.1, 0.15) is 31.5 Å².